The van der Waals surface area contributed by atoms with Gasteiger partial charge in [-0.15, -0.1) is 0 Å². The fraction of sp³-hybridized carbons (Fsp3) is 0.963. The molecule has 1 amide bonds. The van der Waals surface area contributed by atoms with Crippen molar-refractivity contribution in [2.45, 2.75) is 135 Å². The number of ether oxygens (including phenoxy) is 6. The highest BCUT2D eigenvalue weighted by molar-refractivity contribution is 5.81. The van der Waals surface area contributed by atoms with E-state index in [-0.39, 0.29) is 25.9 Å². The van der Waals surface area contributed by atoms with Gasteiger partial charge in [-0.25, -0.2) is 0 Å². The maximum absolute atomic E-state index is 12.7. The van der Waals surface area contributed by atoms with Gasteiger partial charge in [0.25, 0.3) is 5.91 Å². The molecule has 49 heavy (non-hydrogen) atoms. The highest BCUT2D eigenvalue weighted by Crippen LogP contribution is 2.34. The maximum atomic E-state index is 12.7. The molecule has 0 aromatic heterocycles. The Hall–Kier alpha value is -1.33. The van der Waals surface area contributed by atoms with Crippen molar-refractivity contribution < 1.29 is 74.1 Å². The summed E-state index contributed by atoms with van der Waals surface area (Å²) < 4.78 is 35.1. The van der Waals surface area contributed by atoms with Crippen LogP contribution in [0.5, 0.6) is 0 Å². The average Bonchev–Trinajstić information content (AvgIpc) is 3.38. The number of carbonyl (C=O) groups is 1. The number of amides is 1. The van der Waals surface area contributed by atoms with E-state index in [1.54, 1.807) is 0 Å². The summed E-state index contributed by atoms with van der Waals surface area (Å²) in [5.74, 6) is -1.07. The summed E-state index contributed by atoms with van der Waals surface area (Å²) in [6.45, 7) is -1.33. The summed E-state index contributed by atoms with van der Waals surface area (Å²) in [7, 11) is 0. The lowest BCUT2D eigenvalue weighted by atomic mass is 9.83. The van der Waals surface area contributed by atoms with Crippen molar-refractivity contribution in [1.82, 2.24) is 5.32 Å². The second kappa shape index (κ2) is 17.5. The molecule has 4 aliphatic rings. The number of hydrogen-bond acceptors (Lipinski definition) is 21. The first-order chi connectivity index (χ1) is 23.2. The first kappa shape index (κ1) is 40.4. The summed E-state index contributed by atoms with van der Waals surface area (Å²) in [6.07, 6.45) is -22.6. The van der Waals surface area contributed by atoms with E-state index in [9.17, 15) is 45.6 Å². The van der Waals surface area contributed by atoms with Crippen LogP contribution in [-0.4, -0.2) is 195 Å². The summed E-state index contributed by atoms with van der Waals surface area (Å²) in [5, 5.41) is 86.4. The third-order valence-electron chi connectivity index (χ3n) is 9.40. The number of aliphatic hydroxyl groups is 8. The van der Waals surface area contributed by atoms with Crippen LogP contribution in [0.1, 0.15) is 12.8 Å². The number of rotatable bonds is 13. The highest BCUT2D eigenvalue weighted by Gasteiger charge is 2.54. The highest BCUT2D eigenvalue weighted by atomic mass is 16.8. The van der Waals surface area contributed by atoms with Crippen LogP contribution >= 0.6 is 0 Å². The Kier molecular flexibility index (Phi) is 14.4. The molecule has 21 N–H and O–H groups in total. The van der Waals surface area contributed by atoms with E-state index in [0.717, 1.165) is 0 Å². The lowest BCUT2D eigenvalue weighted by Gasteiger charge is -2.47. The fourth-order valence-electron chi connectivity index (χ4n) is 6.37. The van der Waals surface area contributed by atoms with Crippen LogP contribution in [0.2, 0.25) is 0 Å². The number of carbonyl (C=O) groups excluding carboxylic acids is 1. The second-order valence-electron chi connectivity index (χ2n) is 12.9. The van der Waals surface area contributed by atoms with Crippen LogP contribution in [0.3, 0.4) is 0 Å². The van der Waals surface area contributed by atoms with Gasteiger partial charge in [-0.3, -0.25) is 4.79 Å². The summed E-state index contributed by atoms with van der Waals surface area (Å²) in [4.78, 5) is 12.7. The predicted molar refractivity (Wildman–Crippen MR) is 162 cm³/mol. The Morgan fingerprint density at radius 3 is 1.96 bits per heavy atom. The van der Waals surface area contributed by atoms with E-state index in [4.69, 9.17) is 62.8 Å². The third-order valence-corrected chi connectivity index (χ3v) is 9.40. The van der Waals surface area contributed by atoms with Crippen molar-refractivity contribution in [2.75, 3.05) is 26.2 Å². The molecule has 4 rings (SSSR count). The Morgan fingerprint density at radius 1 is 0.735 bits per heavy atom. The van der Waals surface area contributed by atoms with E-state index in [2.05, 4.69) is 5.32 Å². The molecule has 0 bridgehead atoms. The molecule has 1 aliphatic carbocycles. The van der Waals surface area contributed by atoms with E-state index in [1.165, 1.54) is 0 Å². The van der Waals surface area contributed by atoms with Gasteiger partial charge in [0.1, 0.15) is 61.0 Å². The average molecular weight is 716 g/mol. The Labute approximate surface area is 281 Å². The SMILES string of the molecule is NC[C@@H]1C[C@@H](O)C(N)[C@@H](O[C@H]2[C@H](O[C@@H]3O[C@H](CO)[C@@H](O[C@H]4O[C@@H](CN)[C@@H](O)[C@H](O)[C@H]4N)[C@H]3O)[C@@H](O)[C@H](NC(=O)[C@@H](O)[C@@H](O)CN)C[C@@H]2N)O1. The molecule has 22 nitrogen and oxygen atoms in total. The van der Waals surface area contributed by atoms with Crippen LogP contribution in [0, 0.1) is 0 Å². The number of nitrogens with one attached hydrogen (secondary N) is 1. The Bertz CT molecular complexity index is 1060. The van der Waals surface area contributed by atoms with Crippen molar-refractivity contribution in [3.05, 3.63) is 0 Å². The second-order valence-corrected chi connectivity index (χ2v) is 12.9. The van der Waals surface area contributed by atoms with Crippen LogP contribution in [0.15, 0.2) is 0 Å². The molecule has 3 saturated heterocycles. The number of hydrogen-bond donors (Lipinski definition) is 15. The first-order valence-corrected chi connectivity index (χ1v) is 16.1. The fourth-order valence-corrected chi connectivity index (χ4v) is 6.37. The molecule has 20 atom stereocenters. The molecule has 0 radical (unpaired) electrons. The smallest absolute Gasteiger partial charge is 0.251 e. The zero-order chi connectivity index (χ0) is 36.3. The van der Waals surface area contributed by atoms with Gasteiger partial charge in [-0.2, -0.15) is 0 Å². The molecule has 286 valence electrons. The minimum atomic E-state index is -1.94. The van der Waals surface area contributed by atoms with Gasteiger partial charge < -0.3 is 109 Å². The van der Waals surface area contributed by atoms with Crippen LogP contribution in [-0.2, 0) is 33.2 Å². The minimum Gasteiger partial charge on any atom is -0.394 e. The normalized spacial score (nSPS) is 47.5. The Balaban J connectivity index is 1.57. The van der Waals surface area contributed by atoms with Crippen LogP contribution < -0.4 is 39.7 Å². The van der Waals surface area contributed by atoms with Gasteiger partial charge in [0, 0.05) is 32.1 Å². The monoisotopic (exact) mass is 715 g/mol. The van der Waals surface area contributed by atoms with Gasteiger partial charge in [-0.05, 0) is 6.42 Å². The number of aliphatic hydroxyl groups excluding tert-OH is 8. The summed E-state index contributed by atoms with van der Waals surface area (Å²) >= 11 is 0. The standard InChI is InChI=1S/C27H53N7O15/c28-3-7-1-10(36)14(32)25(44-7)47-21-8(31)2-9(34-24(43)17(39)11(37)4-29)16(38)23(21)49-27-20(42)22(13(6-35)46-27)48-26-15(33)19(41)18(40)12(5-30)45-26/h7-23,25-27,35-42H,1-6,28-33H2,(H,34,43)/t7-,8-,9+,10+,11-,12-,13+,14?,15+,16-,17-,18+,19+,20+,21+,22+,23+,25+,26+,27-/m0/s1. The van der Waals surface area contributed by atoms with E-state index >= 15 is 0 Å². The molecular formula is C27H53N7O15. The lowest BCUT2D eigenvalue weighted by Crippen LogP contribution is -2.68. The van der Waals surface area contributed by atoms with Crippen molar-refractivity contribution in [3.8, 4) is 0 Å². The molecule has 4 fully saturated rings. The molecule has 3 aliphatic heterocycles. The third kappa shape index (κ3) is 8.83. The number of nitrogens with two attached hydrogens (primary N) is 6. The van der Waals surface area contributed by atoms with Gasteiger partial charge in [0.2, 0.25) is 0 Å². The van der Waals surface area contributed by atoms with Gasteiger partial charge in [0.05, 0.1) is 36.9 Å². The van der Waals surface area contributed by atoms with Crippen LogP contribution in [0.4, 0.5) is 0 Å². The zero-order valence-corrected chi connectivity index (χ0v) is 26.7. The molecule has 0 aromatic carbocycles. The Morgan fingerprint density at radius 2 is 1.35 bits per heavy atom. The predicted octanol–water partition coefficient (Wildman–Crippen LogP) is -10.0. The maximum Gasteiger partial charge on any atom is 0.251 e. The molecule has 0 spiro atoms. The summed E-state index contributed by atoms with van der Waals surface area (Å²) in [5.41, 5.74) is 35.3. The van der Waals surface area contributed by atoms with E-state index < -0.39 is 141 Å². The van der Waals surface area contributed by atoms with Crippen LogP contribution in [0.25, 0.3) is 0 Å². The van der Waals surface area contributed by atoms with Crippen molar-refractivity contribution in [1.29, 1.82) is 0 Å². The topological polar surface area (TPSA) is 402 Å². The van der Waals surface area contributed by atoms with E-state index in [0.29, 0.717) is 0 Å². The molecule has 1 unspecified atom stereocenters. The quantitative estimate of drug-likeness (QED) is 0.0841. The molecule has 3 heterocycles. The van der Waals surface area contributed by atoms with Gasteiger partial charge >= 0.3 is 0 Å². The zero-order valence-electron chi connectivity index (χ0n) is 26.7. The van der Waals surface area contributed by atoms with Crippen molar-refractivity contribution >= 4 is 5.91 Å². The molecule has 0 aromatic rings. The lowest BCUT2D eigenvalue weighted by molar-refractivity contribution is -0.295. The largest absolute Gasteiger partial charge is 0.394 e. The molecule has 1 saturated carbocycles. The summed E-state index contributed by atoms with van der Waals surface area (Å²) in [6, 6.07) is -4.65. The van der Waals surface area contributed by atoms with Gasteiger partial charge in [0.15, 0.2) is 25.0 Å². The van der Waals surface area contributed by atoms with Crippen molar-refractivity contribution in [2.24, 2.45) is 34.4 Å². The molecule has 22 heteroatoms. The first-order valence-electron chi connectivity index (χ1n) is 16.1. The minimum absolute atomic E-state index is 0.0242. The van der Waals surface area contributed by atoms with E-state index in [1.807, 2.05) is 0 Å². The van der Waals surface area contributed by atoms with Gasteiger partial charge in [-0.1, -0.05) is 0 Å². The van der Waals surface area contributed by atoms with Crippen molar-refractivity contribution in [3.63, 3.8) is 0 Å². The molecular weight excluding hydrogens is 662 g/mol.